The molecule has 1 saturated carbocycles. The second-order valence-electron chi connectivity index (χ2n) is 5.53. The van der Waals surface area contributed by atoms with Gasteiger partial charge in [-0.05, 0) is 55.9 Å². The number of esters is 1. The Kier molecular flexibility index (Phi) is 11.5. The summed E-state index contributed by atoms with van der Waals surface area (Å²) in [5.74, 6) is 1.47. The topological polar surface area (TPSA) is 35.5 Å². The molecule has 9 heteroatoms. The van der Waals surface area contributed by atoms with E-state index in [-0.39, 0.29) is 11.9 Å². The summed E-state index contributed by atoms with van der Waals surface area (Å²) in [7, 11) is 0.500. The second-order valence-corrected chi connectivity index (χ2v) is 5.53. The summed E-state index contributed by atoms with van der Waals surface area (Å²) < 4.78 is 70.2. The number of carbonyl (C=O) groups excluding carboxylic acids is 1. The van der Waals surface area contributed by atoms with Crippen LogP contribution in [0.25, 0.3) is 0 Å². The van der Waals surface area contributed by atoms with Crippen molar-refractivity contribution in [1.82, 2.24) is 0 Å². The zero-order valence-electron chi connectivity index (χ0n) is 14.5. The fraction of sp³-hybridized carbons (Fsp3) is 0.588. The van der Waals surface area contributed by atoms with Crippen LogP contribution >= 0.6 is 0 Å². The Morgan fingerprint density at radius 3 is 1.85 bits per heavy atom. The maximum atomic E-state index is 12.0. The van der Waals surface area contributed by atoms with Gasteiger partial charge < -0.3 is 9.47 Å². The molecular formula is C17H22F6O3. The summed E-state index contributed by atoms with van der Waals surface area (Å²) in [6.07, 6.45) is -1.52. The lowest BCUT2D eigenvalue weighted by molar-refractivity contribution is -0.237. The summed E-state index contributed by atoms with van der Waals surface area (Å²) in [5, 5.41) is 0. The summed E-state index contributed by atoms with van der Waals surface area (Å²) in [5.41, 5.74) is 0. The Hall–Kier alpha value is -1.93. The highest BCUT2D eigenvalue weighted by atomic mass is 19.5. The minimum Gasteiger partial charge on any atom is -0.463 e. The van der Waals surface area contributed by atoms with Gasteiger partial charge in [-0.3, -0.25) is 9.18 Å². The van der Waals surface area contributed by atoms with E-state index in [4.69, 9.17) is 4.74 Å². The van der Waals surface area contributed by atoms with Crippen LogP contribution in [0, 0.1) is 11.8 Å². The average Bonchev–Trinajstić information content (AvgIpc) is 2.58. The molecule has 26 heavy (non-hydrogen) atoms. The third kappa shape index (κ3) is 11.6. The van der Waals surface area contributed by atoms with Crippen molar-refractivity contribution in [3.8, 4) is 11.5 Å². The van der Waals surface area contributed by atoms with Gasteiger partial charge in [-0.1, -0.05) is 6.92 Å². The van der Waals surface area contributed by atoms with Gasteiger partial charge in [-0.15, -0.1) is 17.6 Å². The molecule has 0 radical (unpaired) electrons. The van der Waals surface area contributed by atoms with E-state index in [9.17, 15) is 31.1 Å². The van der Waals surface area contributed by atoms with Gasteiger partial charge in [0.1, 0.15) is 11.5 Å². The fourth-order valence-corrected chi connectivity index (χ4v) is 2.36. The molecule has 1 fully saturated rings. The van der Waals surface area contributed by atoms with Crippen LogP contribution in [-0.2, 0) is 4.79 Å². The van der Waals surface area contributed by atoms with Crippen molar-refractivity contribution in [2.75, 3.05) is 14.0 Å². The molecule has 0 N–H and O–H groups in total. The summed E-state index contributed by atoms with van der Waals surface area (Å²) in [6, 6.07) is 6.42. The van der Waals surface area contributed by atoms with E-state index in [0.717, 1.165) is 25.7 Å². The Morgan fingerprint density at radius 2 is 1.42 bits per heavy atom. The molecule has 1 aromatic carbocycles. The molecule has 0 spiro atoms. The van der Waals surface area contributed by atoms with Gasteiger partial charge in [0, 0.05) is 0 Å². The standard InChI is InChI=1S/C15H19FO3.CF4.CH3F/c1-11-2-4-12(5-3-11)15(17)19-14-8-6-13(7-9-14)18-10-16;2-1(3,4)5;1-2/h6-9,11-12H,2-5,10H2,1H3;;1H3. The van der Waals surface area contributed by atoms with Crippen molar-refractivity contribution in [2.45, 2.75) is 39.0 Å². The molecule has 2 rings (SSSR count). The molecule has 0 amide bonds. The molecule has 1 aliphatic carbocycles. The second kappa shape index (κ2) is 12.4. The van der Waals surface area contributed by atoms with E-state index < -0.39 is 13.3 Å². The molecule has 0 atom stereocenters. The smallest absolute Gasteiger partial charge is 0.463 e. The molecule has 0 aromatic heterocycles. The maximum absolute atomic E-state index is 12.0. The lowest BCUT2D eigenvalue weighted by Crippen LogP contribution is -2.24. The fourth-order valence-electron chi connectivity index (χ4n) is 2.36. The highest BCUT2D eigenvalue weighted by Crippen LogP contribution is 2.29. The van der Waals surface area contributed by atoms with Crippen LogP contribution in [0.2, 0.25) is 0 Å². The molecule has 0 bridgehead atoms. The first-order chi connectivity index (χ1) is 12.2. The monoisotopic (exact) mass is 388 g/mol. The SMILES string of the molecule is CC1CCC(C(=O)Oc2ccc(OCF)cc2)CC1.CF.FC(F)(F)F. The highest BCUT2D eigenvalue weighted by Gasteiger charge is 2.26. The van der Waals surface area contributed by atoms with Crippen LogP contribution < -0.4 is 9.47 Å². The van der Waals surface area contributed by atoms with Crippen molar-refractivity contribution < 1.29 is 40.6 Å². The van der Waals surface area contributed by atoms with Crippen LogP contribution in [-0.4, -0.2) is 26.4 Å². The minimum absolute atomic E-state index is 0.0120. The van der Waals surface area contributed by atoms with Crippen LogP contribution in [0.3, 0.4) is 0 Å². The van der Waals surface area contributed by atoms with Gasteiger partial charge in [0.25, 0.3) is 0 Å². The Bertz CT molecular complexity index is 490. The quantitative estimate of drug-likeness (QED) is 0.372. The van der Waals surface area contributed by atoms with Gasteiger partial charge in [0.15, 0.2) is 0 Å². The van der Waals surface area contributed by atoms with Gasteiger partial charge in [-0.2, -0.15) is 0 Å². The largest absolute Gasteiger partial charge is 0.559 e. The lowest BCUT2D eigenvalue weighted by Gasteiger charge is -2.24. The number of carbonyl (C=O) groups is 1. The normalized spacial score (nSPS) is 19.2. The van der Waals surface area contributed by atoms with Gasteiger partial charge >= 0.3 is 12.4 Å². The number of hydrogen-bond donors (Lipinski definition) is 0. The first kappa shape index (κ1) is 24.1. The average molecular weight is 388 g/mol. The lowest BCUT2D eigenvalue weighted by atomic mass is 9.83. The number of hydrogen-bond acceptors (Lipinski definition) is 3. The summed E-state index contributed by atoms with van der Waals surface area (Å²) >= 11 is 0. The first-order valence-electron chi connectivity index (χ1n) is 7.83. The van der Waals surface area contributed by atoms with Gasteiger partial charge in [-0.25, -0.2) is 4.39 Å². The Balaban J connectivity index is 0.000000772. The van der Waals surface area contributed by atoms with Gasteiger partial charge in [0.05, 0.1) is 13.1 Å². The van der Waals surface area contributed by atoms with Crippen molar-refractivity contribution in [3.05, 3.63) is 24.3 Å². The molecule has 1 aromatic rings. The van der Waals surface area contributed by atoms with Gasteiger partial charge in [0.2, 0.25) is 6.86 Å². The van der Waals surface area contributed by atoms with E-state index in [1.165, 1.54) is 0 Å². The van der Waals surface area contributed by atoms with Crippen molar-refractivity contribution in [2.24, 2.45) is 11.8 Å². The van der Waals surface area contributed by atoms with Crippen molar-refractivity contribution in [1.29, 1.82) is 0 Å². The number of halogens is 6. The number of ether oxygens (including phenoxy) is 2. The molecule has 0 saturated heterocycles. The molecule has 3 nitrogen and oxygen atoms in total. The maximum Gasteiger partial charge on any atom is 0.559 e. The predicted octanol–water partition coefficient (Wildman–Crippen LogP) is 5.79. The van der Waals surface area contributed by atoms with Crippen LogP contribution in [0.1, 0.15) is 32.6 Å². The van der Waals surface area contributed by atoms with Crippen LogP contribution in [0.5, 0.6) is 11.5 Å². The van der Waals surface area contributed by atoms with Crippen molar-refractivity contribution >= 4 is 5.97 Å². The number of benzene rings is 1. The first-order valence-corrected chi connectivity index (χ1v) is 7.83. The zero-order valence-corrected chi connectivity index (χ0v) is 14.5. The van der Waals surface area contributed by atoms with E-state index in [1.807, 2.05) is 0 Å². The molecule has 150 valence electrons. The third-order valence-electron chi connectivity index (χ3n) is 3.61. The Labute approximate surface area is 148 Å². The zero-order chi connectivity index (χ0) is 20.2. The van der Waals surface area contributed by atoms with E-state index >= 15 is 0 Å². The van der Waals surface area contributed by atoms with Crippen LogP contribution in [0.15, 0.2) is 24.3 Å². The highest BCUT2D eigenvalue weighted by molar-refractivity contribution is 5.75. The van der Waals surface area contributed by atoms with E-state index in [1.54, 1.807) is 24.3 Å². The van der Waals surface area contributed by atoms with Crippen LogP contribution in [0.4, 0.5) is 26.3 Å². The summed E-state index contributed by atoms with van der Waals surface area (Å²) in [6.45, 7) is 1.35. The molecule has 0 heterocycles. The summed E-state index contributed by atoms with van der Waals surface area (Å²) in [4.78, 5) is 12.0. The van der Waals surface area contributed by atoms with E-state index in [2.05, 4.69) is 11.7 Å². The molecular weight excluding hydrogens is 366 g/mol. The molecule has 0 unspecified atom stereocenters. The molecule has 0 aliphatic heterocycles. The number of alkyl halides is 6. The Morgan fingerprint density at radius 1 is 1.00 bits per heavy atom. The van der Waals surface area contributed by atoms with E-state index in [0.29, 0.717) is 24.6 Å². The minimum atomic E-state index is -5.50. The molecule has 1 aliphatic rings. The van der Waals surface area contributed by atoms with Crippen molar-refractivity contribution in [3.63, 3.8) is 0 Å². The predicted molar refractivity (Wildman–Crippen MR) is 84.0 cm³/mol. The third-order valence-corrected chi connectivity index (χ3v) is 3.61. The number of rotatable bonds is 4.